The molecule has 1 atom stereocenters. The zero-order valence-corrected chi connectivity index (χ0v) is 13.8. The van der Waals surface area contributed by atoms with Crippen LogP contribution in [0.1, 0.15) is 28.8 Å². The molecule has 0 bridgehead atoms. The summed E-state index contributed by atoms with van der Waals surface area (Å²) in [5.41, 5.74) is 1.84. The summed E-state index contributed by atoms with van der Waals surface area (Å²) in [4.78, 5) is 27.3. The molecule has 2 amide bonds. The number of anilines is 1. The van der Waals surface area contributed by atoms with Gasteiger partial charge >= 0.3 is 0 Å². The molecule has 2 heterocycles. The van der Waals surface area contributed by atoms with Crippen molar-refractivity contribution in [2.24, 2.45) is 0 Å². The molecule has 2 aromatic carbocycles. The quantitative estimate of drug-likeness (QED) is 0.864. The maximum absolute atomic E-state index is 12.8. The van der Waals surface area contributed by atoms with Crippen LogP contribution in [0.2, 0.25) is 5.02 Å². The summed E-state index contributed by atoms with van der Waals surface area (Å²) in [5, 5.41) is 3.57. The monoisotopic (exact) mass is 340 g/mol. The number of benzene rings is 2. The van der Waals surface area contributed by atoms with Crippen molar-refractivity contribution in [3.63, 3.8) is 0 Å². The predicted octanol–water partition coefficient (Wildman–Crippen LogP) is 3.47. The lowest BCUT2D eigenvalue weighted by molar-refractivity contribution is -0.122. The van der Waals surface area contributed by atoms with Gasteiger partial charge in [-0.05, 0) is 48.7 Å². The van der Waals surface area contributed by atoms with Gasteiger partial charge in [0.25, 0.3) is 5.91 Å². The number of hydrogen-bond acceptors (Lipinski definition) is 2. The molecule has 24 heavy (non-hydrogen) atoms. The molecular weight excluding hydrogens is 324 g/mol. The second-order valence-electron chi connectivity index (χ2n) is 6.42. The Kier molecular flexibility index (Phi) is 3.57. The van der Waals surface area contributed by atoms with Crippen molar-refractivity contribution in [3.05, 3.63) is 64.7 Å². The van der Waals surface area contributed by atoms with Crippen LogP contribution < -0.4 is 5.32 Å². The molecule has 0 saturated carbocycles. The summed E-state index contributed by atoms with van der Waals surface area (Å²) in [5.74, 6) is -0.0553. The minimum Gasteiger partial charge on any atom is -0.337 e. The van der Waals surface area contributed by atoms with E-state index >= 15 is 0 Å². The Morgan fingerprint density at radius 1 is 1.12 bits per heavy atom. The van der Waals surface area contributed by atoms with Crippen LogP contribution in [0.5, 0.6) is 0 Å². The standard InChI is InChI=1S/C19H17ClN2O2/c20-14-8-6-13(7-9-14)17(23)22-11-3-10-19(12-22)15-4-1-2-5-16(15)21-18(19)24/h1-2,4-9H,3,10-12H2,(H,21,24). The van der Waals surface area contributed by atoms with Gasteiger partial charge in [-0.15, -0.1) is 0 Å². The lowest BCUT2D eigenvalue weighted by Crippen LogP contribution is -2.51. The normalized spacial score (nSPS) is 22.4. The fourth-order valence-electron chi connectivity index (χ4n) is 3.78. The Bertz CT molecular complexity index is 818. The van der Waals surface area contributed by atoms with E-state index in [1.807, 2.05) is 24.3 Å². The zero-order chi connectivity index (χ0) is 16.7. The van der Waals surface area contributed by atoms with E-state index in [0.717, 1.165) is 24.1 Å². The first-order valence-electron chi connectivity index (χ1n) is 8.06. The molecule has 1 saturated heterocycles. The number of carbonyl (C=O) groups is 2. The molecule has 4 rings (SSSR count). The number of rotatable bonds is 1. The predicted molar refractivity (Wildman–Crippen MR) is 93.3 cm³/mol. The average Bonchev–Trinajstić information content (AvgIpc) is 2.87. The number of para-hydroxylation sites is 1. The number of nitrogens with zero attached hydrogens (tertiary/aromatic N) is 1. The highest BCUT2D eigenvalue weighted by Crippen LogP contribution is 2.43. The number of likely N-dealkylation sites (tertiary alicyclic amines) is 1. The van der Waals surface area contributed by atoms with Crippen molar-refractivity contribution in [2.75, 3.05) is 18.4 Å². The third kappa shape index (κ3) is 2.29. The molecule has 1 N–H and O–H groups in total. The van der Waals surface area contributed by atoms with Gasteiger partial charge in [-0.2, -0.15) is 0 Å². The first-order chi connectivity index (χ1) is 11.6. The van der Waals surface area contributed by atoms with Gasteiger partial charge in [0, 0.05) is 29.4 Å². The highest BCUT2D eigenvalue weighted by Gasteiger charge is 2.49. The fourth-order valence-corrected chi connectivity index (χ4v) is 3.91. The van der Waals surface area contributed by atoms with Crippen LogP contribution >= 0.6 is 11.6 Å². The molecular formula is C19H17ClN2O2. The highest BCUT2D eigenvalue weighted by molar-refractivity contribution is 6.30. The molecule has 0 aliphatic carbocycles. The summed E-state index contributed by atoms with van der Waals surface area (Å²) >= 11 is 5.90. The van der Waals surface area contributed by atoms with E-state index in [0.29, 0.717) is 23.7 Å². The van der Waals surface area contributed by atoms with Gasteiger partial charge in [0.2, 0.25) is 5.91 Å². The van der Waals surface area contributed by atoms with Crippen LogP contribution in [0, 0.1) is 0 Å². The Balaban J connectivity index is 1.66. The zero-order valence-electron chi connectivity index (χ0n) is 13.1. The second kappa shape index (κ2) is 5.64. The number of carbonyl (C=O) groups excluding carboxylic acids is 2. The van der Waals surface area contributed by atoms with E-state index in [9.17, 15) is 9.59 Å². The molecule has 2 aliphatic rings. The third-order valence-corrected chi connectivity index (χ3v) is 5.25. The minimum absolute atomic E-state index is 0.00249. The lowest BCUT2D eigenvalue weighted by atomic mass is 9.75. The number of fused-ring (bicyclic) bond motifs is 2. The van der Waals surface area contributed by atoms with Crippen LogP contribution in [0.3, 0.4) is 0 Å². The van der Waals surface area contributed by atoms with E-state index in [1.165, 1.54) is 0 Å². The van der Waals surface area contributed by atoms with Crippen LogP contribution in [-0.4, -0.2) is 29.8 Å². The summed E-state index contributed by atoms with van der Waals surface area (Å²) < 4.78 is 0. The molecule has 0 aromatic heterocycles. The van der Waals surface area contributed by atoms with E-state index in [2.05, 4.69) is 5.32 Å². The molecule has 4 nitrogen and oxygen atoms in total. The summed E-state index contributed by atoms with van der Waals surface area (Å²) in [6.07, 6.45) is 1.57. The minimum atomic E-state index is -0.628. The SMILES string of the molecule is O=C(c1ccc(Cl)cc1)N1CCCC2(C1)C(=O)Nc1ccccc12. The second-order valence-corrected chi connectivity index (χ2v) is 6.86. The van der Waals surface area contributed by atoms with Gasteiger partial charge in [-0.3, -0.25) is 9.59 Å². The average molecular weight is 341 g/mol. The molecule has 1 unspecified atom stereocenters. The molecule has 0 radical (unpaired) electrons. The van der Waals surface area contributed by atoms with Crippen LogP contribution in [0.15, 0.2) is 48.5 Å². The molecule has 1 spiro atoms. The molecule has 2 aromatic rings. The van der Waals surface area contributed by atoms with Gasteiger partial charge in [0.1, 0.15) is 0 Å². The van der Waals surface area contributed by atoms with Crippen molar-refractivity contribution in [1.82, 2.24) is 4.90 Å². The topological polar surface area (TPSA) is 49.4 Å². The number of nitrogens with one attached hydrogen (secondary N) is 1. The molecule has 1 fully saturated rings. The fraction of sp³-hybridized carbons (Fsp3) is 0.263. The Morgan fingerprint density at radius 2 is 1.88 bits per heavy atom. The molecule has 5 heteroatoms. The van der Waals surface area contributed by atoms with Gasteiger partial charge in [-0.1, -0.05) is 29.8 Å². The maximum Gasteiger partial charge on any atom is 0.253 e. The van der Waals surface area contributed by atoms with Crippen molar-refractivity contribution in [2.45, 2.75) is 18.3 Å². The largest absolute Gasteiger partial charge is 0.337 e. The van der Waals surface area contributed by atoms with Crippen molar-refractivity contribution in [3.8, 4) is 0 Å². The van der Waals surface area contributed by atoms with E-state index in [4.69, 9.17) is 11.6 Å². The number of hydrogen-bond donors (Lipinski definition) is 1. The Hall–Kier alpha value is -2.33. The summed E-state index contributed by atoms with van der Waals surface area (Å²) in [6.45, 7) is 1.08. The van der Waals surface area contributed by atoms with Gasteiger partial charge in [0.15, 0.2) is 0 Å². The van der Waals surface area contributed by atoms with Crippen molar-refractivity contribution in [1.29, 1.82) is 0 Å². The van der Waals surface area contributed by atoms with E-state index in [-0.39, 0.29) is 11.8 Å². The summed E-state index contributed by atoms with van der Waals surface area (Å²) in [6, 6.07) is 14.7. The number of amides is 2. The Morgan fingerprint density at radius 3 is 2.67 bits per heavy atom. The number of halogens is 1. The Labute approximate surface area is 145 Å². The van der Waals surface area contributed by atoms with Crippen LogP contribution in [0.25, 0.3) is 0 Å². The van der Waals surface area contributed by atoms with Crippen molar-refractivity contribution >= 4 is 29.1 Å². The van der Waals surface area contributed by atoms with E-state index < -0.39 is 5.41 Å². The molecule has 2 aliphatic heterocycles. The van der Waals surface area contributed by atoms with Crippen LogP contribution in [0.4, 0.5) is 5.69 Å². The number of piperidine rings is 1. The third-order valence-electron chi connectivity index (χ3n) is 5.00. The maximum atomic E-state index is 12.8. The summed E-state index contributed by atoms with van der Waals surface area (Å²) in [7, 11) is 0. The van der Waals surface area contributed by atoms with Gasteiger partial charge in [0.05, 0.1) is 5.41 Å². The first-order valence-corrected chi connectivity index (χ1v) is 8.44. The van der Waals surface area contributed by atoms with Crippen LogP contribution in [-0.2, 0) is 10.2 Å². The molecule has 122 valence electrons. The van der Waals surface area contributed by atoms with E-state index in [1.54, 1.807) is 29.2 Å². The van der Waals surface area contributed by atoms with Crippen molar-refractivity contribution < 1.29 is 9.59 Å². The van der Waals surface area contributed by atoms with Gasteiger partial charge < -0.3 is 10.2 Å². The highest BCUT2D eigenvalue weighted by atomic mass is 35.5. The lowest BCUT2D eigenvalue weighted by Gasteiger charge is -2.39. The first kappa shape index (κ1) is 15.2. The van der Waals surface area contributed by atoms with Gasteiger partial charge in [-0.25, -0.2) is 0 Å². The smallest absolute Gasteiger partial charge is 0.253 e.